The van der Waals surface area contributed by atoms with Crippen LogP contribution >= 0.6 is 15.9 Å². The molecule has 0 aromatic heterocycles. The summed E-state index contributed by atoms with van der Waals surface area (Å²) in [5.41, 5.74) is 1.72. The van der Waals surface area contributed by atoms with Gasteiger partial charge in [0.1, 0.15) is 0 Å². The standard InChI is InChI=1S/C15H17BrO3/c1-9-4-3-5-11(14(9)17)6-10-7-12(16)15(18)13(8-10)19-2/h6-9,18H,3-5H2,1-2H3/b11-6+/t9-/m0/s1. The van der Waals surface area contributed by atoms with Crippen LogP contribution in [0.15, 0.2) is 22.2 Å². The summed E-state index contributed by atoms with van der Waals surface area (Å²) in [6.45, 7) is 1.97. The van der Waals surface area contributed by atoms with Gasteiger partial charge in [0, 0.05) is 5.92 Å². The van der Waals surface area contributed by atoms with E-state index in [-0.39, 0.29) is 17.5 Å². The van der Waals surface area contributed by atoms with E-state index in [9.17, 15) is 9.90 Å². The summed E-state index contributed by atoms with van der Waals surface area (Å²) in [6, 6.07) is 3.52. The number of ether oxygens (including phenoxy) is 1. The highest BCUT2D eigenvalue weighted by Crippen LogP contribution is 2.36. The van der Waals surface area contributed by atoms with Gasteiger partial charge in [0.25, 0.3) is 0 Å². The molecule has 19 heavy (non-hydrogen) atoms. The van der Waals surface area contributed by atoms with Crippen molar-refractivity contribution in [2.45, 2.75) is 26.2 Å². The first-order valence-electron chi connectivity index (χ1n) is 6.34. The van der Waals surface area contributed by atoms with Crippen molar-refractivity contribution in [3.8, 4) is 11.5 Å². The quantitative estimate of drug-likeness (QED) is 0.838. The number of methoxy groups -OCH3 is 1. The molecule has 1 aliphatic carbocycles. The Morgan fingerprint density at radius 3 is 2.89 bits per heavy atom. The first-order valence-corrected chi connectivity index (χ1v) is 7.13. The zero-order valence-corrected chi connectivity index (χ0v) is 12.7. The molecule has 102 valence electrons. The molecule has 1 fully saturated rings. The number of carbonyl (C=O) groups is 1. The van der Waals surface area contributed by atoms with E-state index in [1.807, 2.05) is 13.0 Å². The molecule has 0 radical (unpaired) electrons. The molecule has 0 aliphatic heterocycles. The van der Waals surface area contributed by atoms with E-state index in [1.165, 1.54) is 7.11 Å². The van der Waals surface area contributed by atoms with Crippen molar-refractivity contribution < 1.29 is 14.6 Å². The third-order valence-corrected chi connectivity index (χ3v) is 4.06. The lowest BCUT2D eigenvalue weighted by atomic mass is 9.84. The normalized spacial score (nSPS) is 21.7. The van der Waals surface area contributed by atoms with E-state index < -0.39 is 0 Å². The van der Waals surface area contributed by atoms with Gasteiger partial charge in [-0.2, -0.15) is 0 Å². The van der Waals surface area contributed by atoms with Gasteiger partial charge in [-0.05, 0) is 64.5 Å². The van der Waals surface area contributed by atoms with Crippen LogP contribution < -0.4 is 4.74 Å². The fraction of sp³-hybridized carbons (Fsp3) is 0.400. The molecule has 0 heterocycles. The molecule has 0 bridgehead atoms. The summed E-state index contributed by atoms with van der Waals surface area (Å²) in [4.78, 5) is 12.1. The largest absolute Gasteiger partial charge is 0.503 e. The predicted octanol–water partition coefficient (Wildman–Crippen LogP) is 3.94. The molecule has 2 rings (SSSR count). The second-order valence-electron chi connectivity index (χ2n) is 4.88. The van der Waals surface area contributed by atoms with Gasteiger partial charge >= 0.3 is 0 Å². The highest BCUT2D eigenvalue weighted by Gasteiger charge is 2.22. The van der Waals surface area contributed by atoms with Crippen molar-refractivity contribution in [2.24, 2.45) is 5.92 Å². The van der Waals surface area contributed by atoms with E-state index in [0.717, 1.165) is 30.4 Å². The Kier molecular flexibility index (Phi) is 4.30. The molecule has 1 saturated carbocycles. The van der Waals surface area contributed by atoms with E-state index in [0.29, 0.717) is 10.2 Å². The van der Waals surface area contributed by atoms with Gasteiger partial charge in [0.15, 0.2) is 17.3 Å². The van der Waals surface area contributed by atoms with Crippen LogP contribution in [0, 0.1) is 5.92 Å². The van der Waals surface area contributed by atoms with Gasteiger partial charge in [-0.3, -0.25) is 4.79 Å². The molecule has 0 spiro atoms. The SMILES string of the molecule is COc1cc(/C=C2\CCC[C@H](C)C2=O)cc(Br)c1O. The second-order valence-corrected chi connectivity index (χ2v) is 5.74. The highest BCUT2D eigenvalue weighted by atomic mass is 79.9. The molecule has 1 N–H and O–H groups in total. The molecule has 1 aromatic rings. The predicted molar refractivity (Wildman–Crippen MR) is 78.4 cm³/mol. The number of hydrogen-bond acceptors (Lipinski definition) is 3. The van der Waals surface area contributed by atoms with Crippen molar-refractivity contribution in [2.75, 3.05) is 7.11 Å². The van der Waals surface area contributed by atoms with Gasteiger partial charge in [-0.1, -0.05) is 6.92 Å². The van der Waals surface area contributed by atoms with Gasteiger partial charge < -0.3 is 9.84 Å². The summed E-state index contributed by atoms with van der Waals surface area (Å²) in [7, 11) is 1.51. The van der Waals surface area contributed by atoms with Crippen molar-refractivity contribution in [3.63, 3.8) is 0 Å². The van der Waals surface area contributed by atoms with Crippen LogP contribution in [0.25, 0.3) is 6.08 Å². The Hall–Kier alpha value is -1.29. The van der Waals surface area contributed by atoms with Crippen molar-refractivity contribution in [1.82, 2.24) is 0 Å². The first kappa shape index (κ1) is 14.1. The van der Waals surface area contributed by atoms with Crippen molar-refractivity contribution in [3.05, 3.63) is 27.7 Å². The molecular weight excluding hydrogens is 308 g/mol. The van der Waals surface area contributed by atoms with Crippen LogP contribution in [-0.2, 0) is 4.79 Å². The summed E-state index contributed by atoms with van der Waals surface area (Å²) >= 11 is 3.29. The summed E-state index contributed by atoms with van der Waals surface area (Å²) in [6.07, 6.45) is 4.74. The lowest BCUT2D eigenvalue weighted by Crippen LogP contribution is -2.18. The van der Waals surface area contributed by atoms with Crippen molar-refractivity contribution >= 4 is 27.8 Å². The van der Waals surface area contributed by atoms with Crippen LogP contribution in [-0.4, -0.2) is 18.0 Å². The van der Waals surface area contributed by atoms with Crippen molar-refractivity contribution in [1.29, 1.82) is 0 Å². The number of hydrogen-bond donors (Lipinski definition) is 1. The fourth-order valence-electron chi connectivity index (χ4n) is 2.35. The molecule has 1 aromatic carbocycles. The zero-order chi connectivity index (χ0) is 14.0. The number of rotatable bonds is 2. The number of ketones is 1. The molecule has 3 nitrogen and oxygen atoms in total. The molecule has 0 saturated heterocycles. The van der Waals surface area contributed by atoms with Gasteiger partial charge in [-0.15, -0.1) is 0 Å². The smallest absolute Gasteiger partial charge is 0.172 e. The fourth-order valence-corrected chi connectivity index (χ4v) is 2.81. The number of halogens is 1. The number of Topliss-reactive ketones (excluding diaryl/α,β-unsaturated/α-hetero) is 1. The summed E-state index contributed by atoms with van der Waals surface area (Å²) in [5.74, 6) is 0.822. The van der Waals surface area contributed by atoms with Gasteiger partial charge in [0.05, 0.1) is 11.6 Å². The number of carbonyl (C=O) groups excluding carboxylic acids is 1. The van der Waals surface area contributed by atoms with Gasteiger partial charge in [-0.25, -0.2) is 0 Å². The zero-order valence-electron chi connectivity index (χ0n) is 11.1. The Morgan fingerprint density at radius 1 is 1.47 bits per heavy atom. The maximum Gasteiger partial charge on any atom is 0.172 e. The maximum absolute atomic E-state index is 12.1. The molecule has 1 atom stereocenters. The number of phenolic OH excluding ortho intramolecular Hbond substituents is 1. The third-order valence-electron chi connectivity index (χ3n) is 3.46. The number of allylic oxidation sites excluding steroid dienone is 1. The molecule has 4 heteroatoms. The molecule has 0 amide bonds. The van der Waals surface area contributed by atoms with E-state index in [4.69, 9.17) is 4.74 Å². The molecular formula is C15H17BrO3. The van der Waals surface area contributed by atoms with Crippen LogP contribution in [0.2, 0.25) is 0 Å². The number of aromatic hydroxyl groups is 1. The average Bonchev–Trinajstić information content (AvgIpc) is 2.39. The average molecular weight is 325 g/mol. The van der Waals surface area contributed by atoms with E-state index in [1.54, 1.807) is 12.1 Å². The van der Waals surface area contributed by atoms with E-state index in [2.05, 4.69) is 15.9 Å². The minimum atomic E-state index is 0.0768. The topological polar surface area (TPSA) is 46.5 Å². The highest BCUT2D eigenvalue weighted by molar-refractivity contribution is 9.10. The van der Waals surface area contributed by atoms with Crippen LogP contribution in [0.3, 0.4) is 0 Å². The van der Waals surface area contributed by atoms with Crippen LogP contribution in [0.1, 0.15) is 31.7 Å². The van der Waals surface area contributed by atoms with Crippen LogP contribution in [0.5, 0.6) is 11.5 Å². The third kappa shape index (κ3) is 3.00. The Labute approximate surface area is 121 Å². The summed E-state index contributed by atoms with van der Waals surface area (Å²) in [5, 5.41) is 9.76. The monoisotopic (exact) mass is 324 g/mol. The first-order chi connectivity index (χ1) is 9.02. The molecule has 0 unspecified atom stereocenters. The lowest BCUT2D eigenvalue weighted by Gasteiger charge is -2.19. The minimum Gasteiger partial charge on any atom is -0.503 e. The number of benzene rings is 1. The Bertz CT molecular complexity index is 534. The Balaban J connectivity index is 2.37. The summed E-state index contributed by atoms with van der Waals surface area (Å²) < 4.78 is 5.67. The minimum absolute atomic E-state index is 0.0768. The van der Waals surface area contributed by atoms with E-state index >= 15 is 0 Å². The maximum atomic E-state index is 12.1. The molecule has 1 aliphatic rings. The second kappa shape index (κ2) is 5.78. The Morgan fingerprint density at radius 2 is 2.21 bits per heavy atom. The van der Waals surface area contributed by atoms with Crippen LogP contribution in [0.4, 0.5) is 0 Å². The number of phenols is 1. The lowest BCUT2D eigenvalue weighted by molar-refractivity contribution is -0.119. The van der Waals surface area contributed by atoms with Gasteiger partial charge in [0.2, 0.25) is 0 Å².